The minimum absolute atomic E-state index is 0.147. The van der Waals surface area contributed by atoms with Crippen molar-refractivity contribution in [3.05, 3.63) is 94.0 Å². The molecule has 1 heterocycles. The minimum Gasteiger partial charge on any atom is -0.416 e. The van der Waals surface area contributed by atoms with E-state index in [1.54, 1.807) is 24.3 Å². The molecule has 0 spiro atoms. The van der Waals surface area contributed by atoms with Gasteiger partial charge in [-0.25, -0.2) is 0 Å². The Kier molecular flexibility index (Phi) is 5.04. The molecule has 1 amide bonds. The molecule has 0 aliphatic heterocycles. The number of aryl methyl sites for hydroxylation is 1. The Morgan fingerprint density at radius 2 is 1.60 bits per heavy atom. The summed E-state index contributed by atoms with van der Waals surface area (Å²) in [6, 6.07) is 20.2. The lowest BCUT2D eigenvalue weighted by molar-refractivity contribution is -0.384. The van der Waals surface area contributed by atoms with Crippen LogP contribution in [-0.2, 0) is 0 Å². The van der Waals surface area contributed by atoms with Crippen LogP contribution in [0.3, 0.4) is 0 Å². The van der Waals surface area contributed by atoms with Crippen molar-refractivity contribution in [1.82, 2.24) is 10.2 Å². The highest BCUT2D eigenvalue weighted by Gasteiger charge is 2.14. The first-order valence-electron chi connectivity index (χ1n) is 9.06. The van der Waals surface area contributed by atoms with E-state index in [4.69, 9.17) is 4.42 Å². The van der Waals surface area contributed by atoms with Crippen LogP contribution in [0.1, 0.15) is 15.9 Å². The lowest BCUT2D eigenvalue weighted by Crippen LogP contribution is -2.12. The van der Waals surface area contributed by atoms with Crippen molar-refractivity contribution in [3.8, 4) is 22.9 Å². The van der Waals surface area contributed by atoms with E-state index in [9.17, 15) is 14.9 Å². The molecular formula is C22H16N4O4. The van der Waals surface area contributed by atoms with Gasteiger partial charge in [-0.2, -0.15) is 0 Å². The Morgan fingerprint density at radius 3 is 2.30 bits per heavy atom. The zero-order chi connectivity index (χ0) is 21.1. The quantitative estimate of drug-likeness (QED) is 0.378. The average Bonchev–Trinajstić information content (AvgIpc) is 3.24. The molecule has 8 nitrogen and oxygen atoms in total. The second-order valence-corrected chi connectivity index (χ2v) is 6.62. The van der Waals surface area contributed by atoms with E-state index < -0.39 is 10.8 Å². The van der Waals surface area contributed by atoms with Gasteiger partial charge in [0.1, 0.15) is 0 Å². The predicted octanol–water partition coefficient (Wildman–Crippen LogP) is 4.87. The molecule has 30 heavy (non-hydrogen) atoms. The van der Waals surface area contributed by atoms with Crippen LogP contribution >= 0.6 is 0 Å². The Hall–Kier alpha value is -4.33. The number of non-ortho nitro benzene ring substituents is 1. The molecule has 3 aromatic carbocycles. The van der Waals surface area contributed by atoms with E-state index >= 15 is 0 Å². The zero-order valence-corrected chi connectivity index (χ0v) is 15.9. The van der Waals surface area contributed by atoms with Gasteiger partial charge in [0.2, 0.25) is 11.8 Å². The predicted molar refractivity (Wildman–Crippen MR) is 111 cm³/mol. The first kappa shape index (κ1) is 19.0. The van der Waals surface area contributed by atoms with Crippen molar-refractivity contribution in [3.63, 3.8) is 0 Å². The third-order valence-electron chi connectivity index (χ3n) is 4.38. The van der Waals surface area contributed by atoms with Crippen molar-refractivity contribution >= 4 is 17.3 Å². The molecule has 0 saturated heterocycles. The maximum absolute atomic E-state index is 12.5. The van der Waals surface area contributed by atoms with E-state index in [0.29, 0.717) is 23.0 Å². The Labute approximate surface area is 171 Å². The molecule has 1 aromatic heterocycles. The molecule has 1 N–H and O–H groups in total. The van der Waals surface area contributed by atoms with Gasteiger partial charge in [0.05, 0.1) is 4.92 Å². The smallest absolute Gasteiger partial charge is 0.270 e. The van der Waals surface area contributed by atoms with Gasteiger partial charge in [0.25, 0.3) is 11.6 Å². The van der Waals surface area contributed by atoms with Gasteiger partial charge in [-0.1, -0.05) is 29.8 Å². The highest BCUT2D eigenvalue weighted by atomic mass is 16.6. The van der Waals surface area contributed by atoms with Crippen molar-refractivity contribution < 1.29 is 14.1 Å². The van der Waals surface area contributed by atoms with Crippen molar-refractivity contribution in [2.45, 2.75) is 6.92 Å². The largest absolute Gasteiger partial charge is 0.416 e. The maximum Gasteiger partial charge on any atom is 0.270 e. The number of nitro benzene ring substituents is 1. The number of amides is 1. The van der Waals surface area contributed by atoms with E-state index in [2.05, 4.69) is 15.5 Å². The molecule has 0 atom stereocenters. The van der Waals surface area contributed by atoms with Crippen molar-refractivity contribution in [1.29, 1.82) is 0 Å². The van der Waals surface area contributed by atoms with Gasteiger partial charge in [-0.05, 0) is 43.3 Å². The molecule has 8 heteroatoms. The number of benzene rings is 3. The molecular weight excluding hydrogens is 384 g/mol. The van der Waals surface area contributed by atoms with Crippen molar-refractivity contribution in [2.24, 2.45) is 0 Å². The van der Waals surface area contributed by atoms with Crippen LogP contribution in [0.4, 0.5) is 11.4 Å². The minimum atomic E-state index is -0.543. The maximum atomic E-state index is 12.5. The third kappa shape index (κ3) is 4.07. The monoisotopic (exact) mass is 400 g/mol. The van der Waals surface area contributed by atoms with Crippen LogP contribution in [0.25, 0.3) is 22.9 Å². The lowest BCUT2D eigenvalue weighted by Gasteiger charge is -2.06. The highest BCUT2D eigenvalue weighted by Crippen LogP contribution is 2.26. The summed E-state index contributed by atoms with van der Waals surface area (Å²) in [5.41, 5.74) is 3.08. The SMILES string of the molecule is Cc1cccc(-c2nnc(-c3cccc(NC(=O)c4cccc([N+](=O)[O-])c4)c3)o2)c1. The fourth-order valence-electron chi connectivity index (χ4n) is 2.93. The number of anilines is 1. The number of nitrogens with zero attached hydrogens (tertiary/aromatic N) is 3. The molecule has 0 unspecified atom stereocenters. The molecule has 0 aliphatic rings. The second kappa shape index (κ2) is 7.96. The molecule has 0 fully saturated rings. The fraction of sp³-hybridized carbons (Fsp3) is 0.0455. The molecule has 4 rings (SSSR count). The summed E-state index contributed by atoms with van der Waals surface area (Å²) in [6.45, 7) is 1.98. The van der Waals surface area contributed by atoms with Crippen LogP contribution < -0.4 is 5.32 Å². The molecule has 0 bridgehead atoms. The summed E-state index contributed by atoms with van der Waals surface area (Å²) in [5.74, 6) is 0.263. The van der Waals surface area contributed by atoms with Crippen LogP contribution in [0, 0.1) is 17.0 Å². The summed E-state index contributed by atoms with van der Waals surface area (Å²) in [5, 5.41) is 21.8. The Balaban J connectivity index is 1.55. The van der Waals surface area contributed by atoms with Crippen LogP contribution in [0.15, 0.2) is 77.2 Å². The summed E-state index contributed by atoms with van der Waals surface area (Å²) in [6.07, 6.45) is 0. The highest BCUT2D eigenvalue weighted by molar-refractivity contribution is 6.04. The summed E-state index contributed by atoms with van der Waals surface area (Å²) < 4.78 is 5.79. The number of nitro groups is 1. The number of aromatic nitrogens is 2. The fourth-order valence-corrected chi connectivity index (χ4v) is 2.93. The first-order chi connectivity index (χ1) is 14.5. The van der Waals surface area contributed by atoms with Crippen molar-refractivity contribution in [2.75, 3.05) is 5.32 Å². The molecule has 4 aromatic rings. The summed E-state index contributed by atoms with van der Waals surface area (Å²) in [4.78, 5) is 22.8. The Morgan fingerprint density at radius 1 is 0.933 bits per heavy atom. The first-order valence-corrected chi connectivity index (χ1v) is 9.06. The summed E-state index contributed by atoms with van der Waals surface area (Å²) >= 11 is 0. The standard InChI is InChI=1S/C22H16N4O4/c1-14-5-2-7-16(11-14)21-24-25-22(30-21)17-8-3-9-18(12-17)23-20(27)15-6-4-10-19(13-15)26(28)29/h2-13H,1H3,(H,23,27). The van der Waals surface area contributed by atoms with E-state index in [1.165, 1.54) is 24.3 Å². The van der Waals surface area contributed by atoms with Gasteiger partial charge >= 0.3 is 0 Å². The van der Waals surface area contributed by atoms with E-state index in [0.717, 1.165) is 11.1 Å². The molecule has 0 radical (unpaired) electrons. The molecule has 0 saturated carbocycles. The average molecular weight is 400 g/mol. The number of carbonyl (C=O) groups excluding carboxylic acids is 1. The topological polar surface area (TPSA) is 111 Å². The Bertz CT molecular complexity index is 1250. The second-order valence-electron chi connectivity index (χ2n) is 6.62. The van der Waals surface area contributed by atoms with Gasteiger partial charge in [-0.15, -0.1) is 10.2 Å². The van der Waals surface area contributed by atoms with Gasteiger partial charge in [0.15, 0.2) is 0 Å². The molecule has 148 valence electrons. The van der Waals surface area contributed by atoms with Crippen LogP contribution in [0.5, 0.6) is 0 Å². The van der Waals surface area contributed by atoms with Crippen LogP contribution in [0.2, 0.25) is 0 Å². The number of hydrogen-bond donors (Lipinski definition) is 1. The van der Waals surface area contributed by atoms with E-state index in [1.807, 2.05) is 31.2 Å². The number of rotatable bonds is 5. The molecule has 0 aliphatic carbocycles. The number of carbonyl (C=O) groups is 1. The van der Waals surface area contributed by atoms with Crippen LogP contribution in [-0.4, -0.2) is 21.0 Å². The lowest BCUT2D eigenvalue weighted by atomic mass is 10.1. The summed E-state index contributed by atoms with van der Waals surface area (Å²) in [7, 11) is 0. The van der Waals surface area contributed by atoms with E-state index in [-0.39, 0.29) is 11.3 Å². The van der Waals surface area contributed by atoms with Gasteiger partial charge < -0.3 is 9.73 Å². The zero-order valence-electron chi connectivity index (χ0n) is 15.9. The number of hydrogen-bond acceptors (Lipinski definition) is 6. The number of nitrogens with one attached hydrogen (secondary N) is 1. The van der Waals surface area contributed by atoms with Gasteiger partial charge in [-0.3, -0.25) is 14.9 Å². The third-order valence-corrected chi connectivity index (χ3v) is 4.38. The normalized spacial score (nSPS) is 10.6. The van der Waals surface area contributed by atoms with Gasteiger partial charge in [0, 0.05) is 34.5 Å².